The molecular formula is C19H32IN3O. The fourth-order valence-corrected chi connectivity index (χ4v) is 2.75. The molecule has 2 rings (SSSR count). The van der Waals surface area contributed by atoms with Gasteiger partial charge in [0.2, 0.25) is 0 Å². The van der Waals surface area contributed by atoms with Gasteiger partial charge in [-0.3, -0.25) is 4.99 Å². The Morgan fingerprint density at radius 3 is 2.29 bits per heavy atom. The van der Waals surface area contributed by atoms with Crippen LogP contribution in [0.5, 0.6) is 0 Å². The van der Waals surface area contributed by atoms with Crippen molar-refractivity contribution in [3.63, 3.8) is 0 Å². The number of hydrogen-bond donors (Lipinski definition) is 2. The molecule has 0 radical (unpaired) electrons. The van der Waals surface area contributed by atoms with Gasteiger partial charge < -0.3 is 15.4 Å². The van der Waals surface area contributed by atoms with Crippen LogP contribution < -0.4 is 10.6 Å². The minimum absolute atomic E-state index is 0. The minimum atomic E-state index is 0. The Bertz CT molecular complexity index is 524. The lowest BCUT2D eigenvalue weighted by molar-refractivity contribution is -0.0971. The fraction of sp³-hybridized carbons (Fsp3) is 0.632. The van der Waals surface area contributed by atoms with Gasteiger partial charge in [-0.1, -0.05) is 45.0 Å². The number of guanidine groups is 1. The van der Waals surface area contributed by atoms with E-state index in [4.69, 9.17) is 4.74 Å². The number of halogens is 1. The number of aliphatic imine (C=N–C) groups is 1. The third-order valence-electron chi connectivity index (χ3n) is 4.28. The average Bonchev–Trinajstić information content (AvgIpc) is 2.49. The number of ether oxygens (including phenoxy) is 1. The molecule has 5 heteroatoms. The second-order valence-corrected chi connectivity index (χ2v) is 7.43. The minimum Gasteiger partial charge on any atom is -0.380 e. The number of benzene rings is 1. The summed E-state index contributed by atoms with van der Waals surface area (Å²) in [6.07, 6.45) is 1.13. The summed E-state index contributed by atoms with van der Waals surface area (Å²) in [5.41, 5.74) is 2.91. The molecule has 1 aromatic carbocycles. The molecule has 1 unspecified atom stereocenters. The zero-order valence-corrected chi connectivity index (χ0v) is 17.9. The zero-order chi connectivity index (χ0) is 16.9. The van der Waals surface area contributed by atoms with E-state index in [1.165, 1.54) is 11.1 Å². The van der Waals surface area contributed by atoms with Crippen molar-refractivity contribution in [1.29, 1.82) is 0 Å². The maximum Gasteiger partial charge on any atom is 0.191 e. The maximum atomic E-state index is 5.29. The van der Waals surface area contributed by atoms with Gasteiger partial charge in [0, 0.05) is 19.0 Å². The highest BCUT2D eigenvalue weighted by Crippen LogP contribution is 2.25. The standard InChI is InChI=1S/C19H31N3O.HI/c1-14(2)10-16-6-8-17(9-7-16)15(3)22-18(20-5)21-11-19(4)12-23-13-19;/h6-9,14-15H,10-13H2,1-5H3,(H2,20,21,22);1H. The number of hydrogen-bond acceptors (Lipinski definition) is 2. The molecule has 136 valence electrons. The molecule has 1 saturated heterocycles. The topological polar surface area (TPSA) is 45.7 Å². The molecule has 24 heavy (non-hydrogen) atoms. The van der Waals surface area contributed by atoms with Crippen LogP contribution in [0.3, 0.4) is 0 Å². The van der Waals surface area contributed by atoms with E-state index in [2.05, 4.69) is 67.6 Å². The summed E-state index contributed by atoms with van der Waals surface area (Å²) in [6.45, 7) is 11.4. The van der Waals surface area contributed by atoms with Crippen LogP contribution in [-0.2, 0) is 11.2 Å². The van der Waals surface area contributed by atoms with E-state index in [-0.39, 0.29) is 35.4 Å². The summed E-state index contributed by atoms with van der Waals surface area (Å²) < 4.78 is 5.29. The first-order valence-electron chi connectivity index (χ1n) is 8.55. The molecule has 1 atom stereocenters. The highest BCUT2D eigenvalue weighted by molar-refractivity contribution is 14.0. The van der Waals surface area contributed by atoms with Gasteiger partial charge in [-0.05, 0) is 30.4 Å². The van der Waals surface area contributed by atoms with Crippen LogP contribution in [0.25, 0.3) is 0 Å². The van der Waals surface area contributed by atoms with Gasteiger partial charge in [-0.15, -0.1) is 24.0 Å². The second kappa shape index (κ2) is 9.61. The van der Waals surface area contributed by atoms with Gasteiger partial charge in [0.15, 0.2) is 5.96 Å². The molecule has 1 aromatic rings. The van der Waals surface area contributed by atoms with Crippen LogP contribution in [0, 0.1) is 11.3 Å². The third kappa shape index (κ3) is 6.24. The molecule has 0 aliphatic carbocycles. The number of nitrogens with zero attached hydrogens (tertiary/aromatic N) is 1. The van der Waals surface area contributed by atoms with Crippen LogP contribution in [0.15, 0.2) is 29.3 Å². The molecule has 4 nitrogen and oxygen atoms in total. The van der Waals surface area contributed by atoms with Gasteiger partial charge in [0.1, 0.15) is 0 Å². The molecule has 0 aromatic heterocycles. The highest BCUT2D eigenvalue weighted by Gasteiger charge is 2.33. The Morgan fingerprint density at radius 2 is 1.83 bits per heavy atom. The Morgan fingerprint density at radius 1 is 1.21 bits per heavy atom. The molecule has 1 aliphatic rings. The van der Waals surface area contributed by atoms with Crippen LogP contribution in [0.4, 0.5) is 0 Å². The Hall–Kier alpha value is -0.820. The van der Waals surface area contributed by atoms with E-state index in [1.807, 2.05) is 7.05 Å². The number of nitrogens with one attached hydrogen (secondary N) is 2. The predicted octanol–water partition coefficient (Wildman–Crippen LogP) is 3.77. The Kier molecular flexibility index (Phi) is 8.50. The number of rotatable bonds is 6. The molecule has 0 bridgehead atoms. The predicted molar refractivity (Wildman–Crippen MR) is 112 cm³/mol. The second-order valence-electron chi connectivity index (χ2n) is 7.43. The summed E-state index contributed by atoms with van der Waals surface area (Å²) in [5, 5.41) is 6.87. The molecule has 1 heterocycles. The van der Waals surface area contributed by atoms with Gasteiger partial charge >= 0.3 is 0 Å². The molecule has 1 aliphatic heterocycles. The molecule has 1 fully saturated rings. The van der Waals surface area contributed by atoms with Crippen molar-refractivity contribution in [3.05, 3.63) is 35.4 Å². The van der Waals surface area contributed by atoms with Crippen molar-refractivity contribution in [2.75, 3.05) is 26.8 Å². The Balaban J connectivity index is 0.00000288. The molecule has 2 N–H and O–H groups in total. The average molecular weight is 445 g/mol. The van der Waals surface area contributed by atoms with Crippen molar-refractivity contribution >= 4 is 29.9 Å². The molecule has 0 spiro atoms. The van der Waals surface area contributed by atoms with Crippen LogP contribution in [0.2, 0.25) is 0 Å². The van der Waals surface area contributed by atoms with E-state index in [1.54, 1.807) is 0 Å². The smallest absolute Gasteiger partial charge is 0.191 e. The van der Waals surface area contributed by atoms with Crippen LogP contribution >= 0.6 is 24.0 Å². The van der Waals surface area contributed by atoms with E-state index in [0.717, 1.165) is 32.1 Å². The van der Waals surface area contributed by atoms with Crippen molar-refractivity contribution in [3.8, 4) is 0 Å². The third-order valence-corrected chi connectivity index (χ3v) is 4.28. The van der Waals surface area contributed by atoms with E-state index >= 15 is 0 Å². The van der Waals surface area contributed by atoms with Crippen LogP contribution in [0.1, 0.15) is 44.9 Å². The van der Waals surface area contributed by atoms with Crippen molar-refractivity contribution < 1.29 is 4.74 Å². The summed E-state index contributed by atoms with van der Waals surface area (Å²) >= 11 is 0. The normalized spacial score (nSPS) is 17.7. The van der Waals surface area contributed by atoms with Crippen LogP contribution in [-0.4, -0.2) is 32.8 Å². The lowest BCUT2D eigenvalue weighted by Gasteiger charge is -2.38. The first-order chi connectivity index (χ1) is 10.9. The quantitative estimate of drug-likeness (QED) is 0.398. The molecule has 0 amide bonds. The summed E-state index contributed by atoms with van der Waals surface area (Å²) in [4.78, 5) is 4.33. The van der Waals surface area contributed by atoms with Gasteiger partial charge in [0.05, 0.1) is 19.3 Å². The summed E-state index contributed by atoms with van der Waals surface area (Å²) in [7, 11) is 1.81. The fourth-order valence-electron chi connectivity index (χ4n) is 2.75. The Labute approximate surface area is 163 Å². The van der Waals surface area contributed by atoms with E-state index in [0.29, 0.717) is 5.92 Å². The maximum absolute atomic E-state index is 5.29. The van der Waals surface area contributed by atoms with Gasteiger partial charge in [-0.25, -0.2) is 0 Å². The van der Waals surface area contributed by atoms with Crippen molar-refractivity contribution in [1.82, 2.24) is 10.6 Å². The lowest BCUT2D eigenvalue weighted by Crippen LogP contribution is -2.51. The molecular weight excluding hydrogens is 413 g/mol. The van der Waals surface area contributed by atoms with Crippen molar-refractivity contribution in [2.45, 2.75) is 40.2 Å². The summed E-state index contributed by atoms with van der Waals surface area (Å²) in [5.74, 6) is 1.54. The lowest BCUT2D eigenvalue weighted by atomic mass is 9.89. The van der Waals surface area contributed by atoms with Gasteiger partial charge in [0.25, 0.3) is 0 Å². The monoisotopic (exact) mass is 445 g/mol. The first-order valence-corrected chi connectivity index (χ1v) is 8.55. The molecule has 0 saturated carbocycles. The van der Waals surface area contributed by atoms with E-state index < -0.39 is 0 Å². The highest BCUT2D eigenvalue weighted by atomic mass is 127. The largest absolute Gasteiger partial charge is 0.380 e. The van der Waals surface area contributed by atoms with Gasteiger partial charge in [-0.2, -0.15) is 0 Å². The van der Waals surface area contributed by atoms with E-state index in [9.17, 15) is 0 Å². The zero-order valence-electron chi connectivity index (χ0n) is 15.6. The summed E-state index contributed by atoms with van der Waals surface area (Å²) in [6, 6.07) is 9.11. The first kappa shape index (κ1) is 21.2. The van der Waals surface area contributed by atoms with Crippen molar-refractivity contribution in [2.24, 2.45) is 16.3 Å². The SMILES string of the molecule is CN=C(NCC1(C)COC1)NC(C)c1ccc(CC(C)C)cc1.I.